The van der Waals surface area contributed by atoms with Crippen LogP contribution < -0.4 is 0 Å². The van der Waals surface area contributed by atoms with Crippen LogP contribution in [0.25, 0.3) is 0 Å². The topological polar surface area (TPSA) is 78.9 Å². The van der Waals surface area contributed by atoms with E-state index in [1.807, 2.05) is 0 Å². The van der Waals surface area contributed by atoms with Gasteiger partial charge >= 0.3 is 17.9 Å². The second kappa shape index (κ2) is 55.4. The summed E-state index contributed by atoms with van der Waals surface area (Å²) in [6, 6.07) is 0. The Labute approximate surface area is 414 Å². The smallest absolute Gasteiger partial charge is 0.306 e. The highest BCUT2D eigenvalue weighted by Crippen LogP contribution is 2.15. The fourth-order valence-corrected chi connectivity index (χ4v) is 7.87. The van der Waals surface area contributed by atoms with E-state index in [2.05, 4.69) is 93.7 Å². The number of carbonyl (C=O) groups excluding carboxylic acids is 3. The van der Waals surface area contributed by atoms with Crippen LogP contribution in [-0.2, 0) is 28.6 Å². The average molecular weight is 936 g/mol. The molecule has 0 rings (SSSR count). The van der Waals surface area contributed by atoms with Crippen LogP contribution in [0.3, 0.4) is 0 Å². The van der Waals surface area contributed by atoms with E-state index < -0.39 is 6.10 Å². The summed E-state index contributed by atoms with van der Waals surface area (Å²) in [6.45, 7) is 6.52. The molecule has 1 atom stereocenters. The Kier molecular flexibility index (Phi) is 52.8. The fraction of sp³-hybridized carbons (Fsp3) is 0.754. The third kappa shape index (κ3) is 53.7. The van der Waals surface area contributed by atoms with Crippen molar-refractivity contribution in [3.05, 3.63) is 72.9 Å². The van der Waals surface area contributed by atoms with Gasteiger partial charge in [-0.15, -0.1) is 0 Å². The largest absolute Gasteiger partial charge is 0.462 e. The van der Waals surface area contributed by atoms with Gasteiger partial charge in [0.05, 0.1) is 0 Å². The molecule has 386 valence electrons. The van der Waals surface area contributed by atoms with Gasteiger partial charge in [0, 0.05) is 19.3 Å². The van der Waals surface area contributed by atoms with Crippen molar-refractivity contribution in [2.75, 3.05) is 13.2 Å². The molecule has 0 aromatic heterocycles. The van der Waals surface area contributed by atoms with Crippen molar-refractivity contribution in [1.82, 2.24) is 0 Å². The summed E-state index contributed by atoms with van der Waals surface area (Å²) in [6.07, 6.45) is 70.3. The van der Waals surface area contributed by atoms with Crippen molar-refractivity contribution in [2.24, 2.45) is 0 Å². The Hall–Kier alpha value is -3.15. The zero-order valence-electron chi connectivity index (χ0n) is 44.2. The van der Waals surface area contributed by atoms with Gasteiger partial charge in [0.15, 0.2) is 6.10 Å². The lowest BCUT2D eigenvalue weighted by atomic mass is 10.1. The van der Waals surface area contributed by atoms with E-state index in [1.165, 1.54) is 167 Å². The number of allylic oxidation sites excluding steroid dienone is 12. The summed E-state index contributed by atoms with van der Waals surface area (Å²) in [7, 11) is 0. The molecule has 0 saturated heterocycles. The quantitative estimate of drug-likeness (QED) is 0.0262. The van der Waals surface area contributed by atoms with Crippen LogP contribution in [0.5, 0.6) is 0 Å². The molecule has 0 N–H and O–H groups in total. The van der Waals surface area contributed by atoms with Crippen LogP contribution in [0.4, 0.5) is 0 Å². The molecule has 0 radical (unpaired) electrons. The standard InChI is InChI=1S/C61H106O6/c1-4-7-10-13-16-19-22-24-26-28-30-32-34-36-39-42-45-48-51-54-60(63)66-57-58(56-65-59(62)53-50-47-44-41-38-21-18-15-12-9-6-3)67-61(64)55-52-49-46-43-40-37-35-33-31-29-27-25-23-20-17-14-11-8-5-2/h15-25,38,58H,4-14,26-37,39-57H2,1-3H3/b18-15-,19-16-,20-17-,24-22-,25-23-,38-21-. The molecule has 0 aromatic rings. The van der Waals surface area contributed by atoms with E-state index in [0.717, 1.165) is 70.6 Å². The van der Waals surface area contributed by atoms with Crippen LogP contribution >= 0.6 is 0 Å². The van der Waals surface area contributed by atoms with E-state index >= 15 is 0 Å². The fourth-order valence-electron chi connectivity index (χ4n) is 7.87. The summed E-state index contributed by atoms with van der Waals surface area (Å²) < 4.78 is 16.8. The van der Waals surface area contributed by atoms with E-state index in [9.17, 15) is 14.4 Å². The molecule has 0 aliphatic rings. The van der Waals surface area contributed by atoms with Crippen LogP contribution in [0, 0.1) is 0 Å². The van der Waals surface area contributed by atoms with E-state index in [-0.39, 0.29) is 31.1 Å². The maximum absolute atomic E-state index is 12.8. The highest BCUT2D eigenvalue weighted by molar-refractivity contribution is 5.71. The number of esters is 3. The third-order valence-electron chi connectivity index (χ3n) is 12.2. The van der Waals surface area contributed by atoms with Gasteiger partial charge in [-0.05, 0) is 89.9 Å². The van der Waals surface area contributed by atoms with Gasteiger partial charge in [0.1, 0.15) is 13.2 Å². The van der Waals surface area contributed by atoms with Gasteiger partial charge in [0.25, 0.3) is 0 Å². The van der Waals surface area contributed by atoms with Crippen molar-refractivity contribution < 1.29 is 28.6 Å². The number of unbranched alkanes of at least 4 members (excludes halogenated alkanes) is 31. The second-order valence-corrected chi connectivity index (χ2v) is 18.9. The summed E-state index contributed by atoms with van der Waals surface area (Å²) in [5.74, 6) is -0.916. The van der Waals surface area contributed by atoms with Gasteiger partial charge in [-0.2, -0.15) is 0 Å². The first-order valence-corrected chi connectivity index (χ1v) is 28.5. The van der Waals surface area contributed by atoms with Crippen molar-refractivity contribution in [3.8, 4) is 0 Å². The monoisotopic (exact) mass is 935 g/mol. The molecule has 6 nitrogen and oxygen atoms in total. The summed E-state index contributed by atoms with van der Waals surface area (Å²) in [4.78, 5) is 38.1. The normalized spacial score (nSPS) is 12.6. The Bertz CT molecular complexity index is 1260. The summed E-state index contributed by atoms with van der Waals surface area (Å²) in [5.41, 5.74) is 0. The number of carbonyl (C=O) groups is 3. The molecule has 0 aliphatic heterocycles. The van der Waals surface area contributed by atoms with Crippen LogP contribution in [0.1, 0.15) is 278 Å². The van der Waals surface area contributed by atoms with Crippen molar-refractivity contribution >= 4 is 17.9 Å². The molecule has 0 fully saturated rings. The molecule has 67 heavy (non-hydrogen) atoms. The molecule has 0 bridgehead atoms. The van der Waals surface area contributed by atoms with Gasteiger partial charge in [-0.25, -0.2) is 0 Å². The van der Waals surface area contributed by atoms with Gasteiger partial charge in [0.2, 0.25) is 0 Å². The number of rotatable bonds is 51. The first-order valence-electron chi connectivity index (χ1n) is 28.5. The highest BCUT2D eigenvalue weighted by atomic mass is 16.6. The molecule has 0 saturated carbocycles. The minimum atomic E-state index is -0.789. The first kappa shape index (κ1) is 63.8. The predicted molar refractivity (Wildman–Crippen MR) is 288 cm³/mol. The first-order chi connectivity index (χ1) is 33.0. The van der Waals surface area contributed by atoms with Crippen molar-refractivity contribution in [1.29, 1.82) is 0 Å². The second-order valence-electron chi connectivity index (χ2n) is 18.9. The van der Waals surface area contributed by atoms with Crippen molar-refractivity contribution in [2.45, 2.75) is 284 Å². The van der Waals surface area contributed by atoms with Gasteiger partial charge < -0.3 is 14.2 Å². The molecule has 6 heteroatoms. The molecule has 0 aliphatic carbocycles. The minimum absolute atomic E-state index is 0.0865. The zero-order chi connectivity index (χ0) is 48.6. The van der Waals surface area contributed by atoms with E-state index in [1.54, 1.807) is 0 Å². The third-order valence-corrected chi connectivity index (χ3v) is 12.2. The Morgan fingerprint density at radius 1 is 0.299 bits per heavy atom. The number of hydrogen-bond acceptors (Lipinski definition) is 6. The molecular weight excluding hydrogens is 829 g/mol. The molecule has 0 amide bonds. The van der Waals surface area contributed by atoms with Crippen LogP contribution in [0.2, 0.25) is 0 Å². The molecular formula is C61H106O6. The number of hydrogen-bond donors (Lipinski definition) is 0. The van der Waals surface area contributed by atoms with Gasteiger partial charge in [-0.3, -0.25) is 14.4 Å². The summed E-state index contributed by atoms with van der Waals surface area (Å²) in [5, 5.41) is 0. The van der Waals surface area contributed by atoms with E-state index in [4.69, 9.17) is 14.2 Å². The SMILES string of the molecule is CCCC/C=C\C=C/CCCCCC(=O)OCC(COC(=O)CCCCCCCCCCCC/C=C\C=C/CCCCC)OC(=O)CCCCCCCCCCCC/C=C\C=C/CCCCC. The Balaban J connectivity index is 4.35. The summed E-state index contributed by atoms with van der Waals surface area (Å²) >= 11 is 0. The molecule has 0 aromatic carbocycles. The minimum Gasteiger partial charge on any atom is -0.462 e. The molecule has 0 heterocycles. The van der Waals surface area contributed by atoms with E-state index in [0.29, 0.717) is 19.3 Å². The average Bonchev–Trinajstić information content (AvgIpc) is 3.33. The molecule has 0 spiro atoms. The lowest BCUT2D eigenvalue weighted by Gasteiger charge is -2.18. The van der Waals surface area contributed by atoms with Crippen LogP contribution in [-0.4, -0.2) is 37.2 Å². The lowest BCUT2D eigenvalue weighted by Crippen LogP contribution is -2.30. The number of ether oxygens (including phenoxy) is 3. The highest BCUT2D eigenvalue weighted by Gasteiger charge is 2.19. The predicted octanol–water partition coefficient (Wildman–Crippen LogP) is 19.0. The lowest BCUT2D eigenvalue weighted by molar-refractivity contribution is -0.167. The Morgan fingerprint density at radius 2 is 0.537 bits per heavy atom. The molecule has 1 unspecified atom stereocenters. The van der Waals surface area contributed by atoms with Gasteiger partial charge in [-0.1, -0.05) is 241 Å². The van der Waals surface area contributed by atoms with Crippen LogP contribution in [0.15, 0.2) is 72.9 Å². The zero-order valence-corrected chi connectivity index (χ0v) is 44.2. The maximum Gasteiger partial charge on any atom is 0.306 e. The Morgan fingerprint density at radius 3 is 0.851 bits per heavy atom. The van der Waals surface area contributed by atoms with Crippen molar-refractivity contribution in [3.63, 3.8) is 0 Å². The maximum atomic E-state index is 12.8.